The highest BCUT2D eigenvalue weighted by Gasteiger charge is 2.54. The molecule has 146 valence electrons. The smallest absolute Gasteiger partial charge is 0.387 e. The molecule has 4 aliphatic rings. The second kappa shape index (κ2) is 7.09. The molecule has 2 amide bonds. The summed E-state index contributed by atoms with van der Waals surface area (Å²) in [5.74, 6) is 1.71. The van der Waals surface area contributed by atoms with Gasteiger partial charge in [-0.05, 0) is 80.5 Å². The number of alkyl halides is 2. The molecule has 0 saturated heterocycles. The Balaban J connectivity index is 1.28. The van der Waals surface area contributed by atoms with E-state index in [1.165, 1.54) is 43.5 Å². The van der Waals surface area contributed by atoms with E-state index in [-0.39, 0.29) is 29.5 Å². The van der Waals surface area contributed by atoms with Crippen LogP contribution in [-0.4, -0.2) is 25.0 Å². The number of hydrogen-bond donors (Lipinski definition) is 2. The summed E-state index contributed by atoms with van der Waals surface area (Å²) in [4.78, 5) is 25.0. The van der Waals surface area contributed by atoms with Gasteiger partial charge in [0.15, 0.2) is 0 Å². The van der Waals surface area contributed by atoms with Gasteiger partial charge in [-0.2, -0.15) is 8.78 Å². The van der Waals surface area contributed by atoms with E-state index >= 15 is 0 Å². The van der Waals surface area contributed by atoms with Crippen LogP contribution in [0.15, 0.2) is 24.3 Å². The zero-order chi connectivity index (χ0) is 19.0. The second-order valence-electron chi connectivity index (χ2n) is 8.33. The van der Waals surface area contributed by atoms with Crippen LogP contribution in [0.1, 0.15) is 38.5 Å². The summed E-state index contributed by atoms with van der Waals surface area (Å²) in [5.41, 5.74) is 0.189. The third-order valence-electron chi connectivity index (χ3n) is 6.29. The molecule has 0 aromatic heterocycles. The van der Waals surface area contributed by atoms with Crippen molar-refractivity contribution in [3.05, 3.63) is 24.3 Å². The van der Waals surface area contributed by atoms with E-state index in [0.29, 0.717) is 23.4 Å². The molecule has 0 unspecified atom stereocenters. The molecule has 7 heteroatoms. The van der Waals surface area contributed by atoms with Gasteiger partial charge in [-0.1, -0.05) is 0 Å². The standard InChI is InChI=1S/C20H24F2N2O3/c21-19(22)27-16-3-1-15(2-4-16)24-17(25)11-23-18(26)20-8-12-5-13(9-20)7-14(6-12)10-20/h1-4,12-14,19H,5-11H2,(H,23,26)(H,24,25). The summed E-state index contributed by atoms with van der Waals surface area (Å²) in [6, 6.07) is 5.68. The normalized spacial score (nSPS) is 31.0. The van der Waals surface area contributed by atoms with Gasteiger partial charge in [0.25, 0.3) is 0 Å². The number of carbonyl (C=O) groups is 2. The Morgan fingerprint density at radius 1 is 1.04 bits per heavy atom. The summed E-state index contributed by atoms with van der Waals surface area (Å²) in [5, 5.41) is 5.48. The van der Waals surface area contributed by atoms with Crippen molar-refractivity contribution in [3.63, 3.8) is 0 Å². The molecule has 27 heavy (non-hydrogen) atoms. The number of amides is 2. The van der Waals surface area contributed by atoms with Gasteiger partial charge in [-0.15, -0.1) is 0 Å². The van der Waals surface area contributed by atoms with Crippen LogP contribution in [0.3, 0.4) is 0 Å². The first kappa shape index (κ1) is 18.2. The Hall–Kier alpha value is -2.18. The van der Waals surface area contributed by atoms with Crippen molar-refractivity contribution in [1.29, 1.82) is 0 Å². The van der Waals surface area contributed by atoms with Crippen LogP contribution < -0.4 is 15.4 Å². The maximum Gasteiger partial charge on any atom is 0.387 e. The molecular formula is C20H24F2N2O3. The van der Waals surface area contributed by atoms with Gasteiger partial charge in [0, 0.05) is 11.1 Å². The number of carbonyl (C=O) groups excluding carboxylic acids is 2. The molecule has 1 aromatic rings. The lowest BCUT2D eigenvalue weighted by molar-refractivity contribution is -0.146. The number of benzene rings is 1. The third kappa shape index (κ3) is 3.92. The van der Waals surface area contributed by atoms with Gasteiger partial charge in [0.2, 0.25) is 11.8 Å². The molecule has 5 rings (SSSR count). The molecule has 5 nitrogen and oxygen atoms in total. The number of nitrogens with one attached hydrogen (secondary N) is 2. The molecule has 4 fully saturated rings. The van der Waals surface area contributed by atoms with E-state index in [9.17, 15) is 18.4 Å². The fourth-order valence-corrected chi connectivity index (χ4v) is 5.66. The maximum absolute atomic E-state index is 12.8. The van der Waals surface area contributed by atoms with Gasteiger partial charge in [-0.3, -0.25) is 9.59 Å². The predicted molar refractivity (Wildman–Crippen MR) is 95.3 cm³/mol. The fraction of sp³-hybridized carbons (Fsp3) is 0.600. The van der Waals surface area contributed by atoms with Crippen LogP contribution in [0.5, 0.6) is 5.75 Å². The van der Waals surface area contributed by atoms with Gasteiger partial charge in [-0.25, -0.2) is 0 Å². The monoisotopic (exact) mass is 378 g/mol. The van der Waals surface area contributed by atoms with Crippen molar-refractivity contribution in [2.24, 2.45) is 23.2 Å². The summed E-state index contributed by atoms with van der Waals surface area (Å²) < 4.78 is 28.6. The lowest BCUT2D eigenvalue weighted by Gasteiger charge is -2.55. The van der Waals surface area contributed by atoms with Crippen LogP contribution in [0.25, 0.3) is 0 Å². The summed E-state index contributed by atoms with van der Waals surface area (Å²) in [6.07, 6.45) is 6.66. The van der Waals surface area contributed by atoms with Gasteiger partial charge < -0.3 is 15.4 Å². The SMILES string of the molecule is O=C(CNC(=O)C12CC3CC(CC(C3)C1)C2)Nc1ccc(OC(F)F)cc1. The molecule has 0 heterocycles. The second-order valence-corrected chi connectivity index (χ2v) is 8.33. The highest BCUT2D eigenvalue weighted by atomic mass is 19.3. The molecule has 0 aliphatic heterocycles. The Kier molecular flexibility index (Phi) is 4.78. The van der Waals surface area contributed by atoms with Crippen LogP contribution in [0, 0.1) is 23.2 Å². The average Bonchev–Trinajstić information content (AvgIpc) is 2.60. The molecule has 4 saturated carbocycles. The molecule has 4 bridgehead atoms. The number of ether oxygens (including phenoxy) is 1. The Bertz CT molecular complexity index is 685. The first-order valence-electron chi connectivity index (χ1n) is 9.55. The first-order valence-corrected chi connectivity index (χ1v) is 9.55. The Morgan fingerprint density at radius 2 is 1.59 bits per heavy atom. The highest BCUT2D eigenvalue weighted by molar-refractivity contribution is 5.95. The Labute approximate surface area is 156 Å². The van der Waals surface area contributed by atoms with E-state index in [4.69, 9.17) is 0 Å². The number of anilines is 1. The largest absolute Gasteiger partial charge is 0.435 e. The van der Waals surface area contributed by atoms with Crippen molar-refractivity contribution in [1.82, 2.24) is 5.32 Å². The average molecular weight is 378 g/mol. The zero-order valence-corrected chi connectivity index (χ0v) is 15.0. The van der Waals surface area contributed by atoms with Crippen molar-refractivity contribution in [2.45, 2.75) is 45.1 Å². The fourth-order valence-electron chi connectivity index (χ4n) is 5.66. The van der Waals surface area contributed by atoms with Gasteiger partial charge >= 0.3 is 6.61 Å². The summed E-state index contributed by atoms with van der Waals surface area (Å²) >= 11 is 0. The topological polar surface area (TPSA) is 67.4 Å². The lowest BCUT2D eigenvalue weighted by atomic mass is 9.49. The van der Waals surface area contributed by atoms with Crippen molar-refractivity contribution >= 4 is 17.5 Å². The molecule has 1 aromatic carbocycles. The van der Waals surface area contributed by atoms with Crippen molar-refractivity contribution in [3.8, 4) is 5.75 Å². The quantitative estimate of drug-likeness (QED) is 0.795. The van der Waals surface area contributed by atoms with E-state index in [1.807, 2.05) is 0 Å². The molecule has 4 aliphatic carbocycles. The van der Waals surface area contributed by atoms with Crippen LogP contribution in [-0.2, 0) is 9.59 Å². The highest BCUT2D eigenvalue weighted by Crippen LogP contribution is 2.60. The third-order valence-corrected chi connectivity index (χ3v) is 6.29. The molecule has 0 radical (unpaired) electrons. The number of halogens is 2. The van der Waals surface area contributed by atoms with Crippen molar-refractivity contribution in [2.75, 3.05) is 11.9 Å². The maximum atomic E-state index is 12.8. The van der Waals surface area contributed by atoms with E-state index in [1.54, 1.807) is 0 Å². The van der Waals surface area contributed by atoms with Crippen molar-refractivity contribution < 1.29 is 23.1 Å². The van der Waals surface area contributed by atoms with Gasteiger partial charge in [0.05, 0.1) is 6.54 Å². The summed E-state index contributed by atoms with van der Waals surface area (Å²) in [6.45, 7) is -2.97. The first-order chi connectivity index (χ1) is 12.9. The van der Waals surface area contributed by atoms with Crippen LogP contribution >= 0.6 is 0 Å². The summed E-state index contributed by atoms with van der Waals surface area (Å²) in [7, 11) is 0. The molecule has 0 spiro atoms. The lowest BCUT2D eigenvalue weighted by Crippen LogP contribution is -2.54. The van der Waals surface area contributed by atoms with Crippen LogP contribution in [0.4, 0.5) is 14.5 Å². The van der Waals surface area contributed by atoms with Crippen LogP contribution in [0.2, 0.25) is 0 Å². The van der Waals surface area contributed by atoms with E-state index in [2.05, 4.69) is 15.4 Å². The number of rotatable bonds is 6. The minimum Gasteiger partial charge on any atom is -0.435 e. The minimum atomic E-state index is -2.88. The van der Waals surface area contributed by atoms with E-state index < -0.39 is 6.61 Å². The number of hydrogen-bond acceptors (Lipinski definition) is 3. The molecular weight excluding hydrogens is 354 g/mol. The molecule has 2 N–H and O–H groups in total. The zero-order valence-electron chi connectivity index (χ0n) is 15.0. The predicted octanol–water partition coefficient (Wildman–Crippen LogP) is 3.56. The molecule has 0 atom stereocenters. The Morgan fingerprint density at radius 3 is 2.11 bits per heavy atom. The van der Waals surface area contributed by atoms with E-state index in [0.717, 1.165) is 19.3 Å². The minimum absolute atomic E-state index is 0.0115. The van der Waals surface area contributed by atoms with Gasteiger partial charge in [0.1, 0.15) is 5.75 Å².